The molecule has 0 bridgehead atoms. The molecule has 0 aliphatic carbocycles. The van der Waals surface area contributed by atoms with E-state index < -0.39 is 15.8 Å². The van der Waals surface area contributed by atoms with E-state index in [2.05, 4.69) is 0 Å². The summed E-state index contributed by atoms with van der Waals surface area (Å²) < 4.78 is 23.8. The summed E-state index contributed by atoms with van der Waals surface area (Å²) in [7, 11) is -3.20. The fourth-order valence-electron chi connectivity index (χ4n) is 2.28. The van der Waals surface area contributed by atoms with Crippen LogP contribution in [-0.4, -0.2) is 25.2 Å². The van der Waals surface area contributed by atoms with Gasteiger partial charge in [0.15, 0.2) is 9.84 Å². The highest BCUT2D eigenvalue weighted by Gasteiger charge is 2.17. The van der Waals surface area contributed by atoms with Crippen molar-refractivity contribution in [1.29, 1.82) is 0 Å². The van der Waals surface area contributed by atoms with E-state index in [4.69, 9.17) is 5.11 Å². The topological polar surface area (TPSA) is 71.4 Å². The molecule has 4 nitrogen and oxygen atoms in total. The van der Waals surface area contributed by atoms with Gasteiger partial charge in [-0.25, -0.2) is 8.42 Å². The minimum absolute atomic E-state index is 0.0552. The van der Waals surface area contributed by atoms with Crippen LogP contribution in [0.3, 0.4) is 0 Å². The Morgan fingerprint density at radius 2 is 1.75 bits per heavy atom. The molecule has 0 saturated carbocycles. The Morgan fingerprint density at radius 1 is 1.15 bits per heavy atom. The Kier molecular flexibility index (Phi) is 6.20. The van der Waals surface area contributed by atoms with E-state index in [-0.39, 0.29) is 18.1 Å². The molecule has 0 aliphatic rings. The van der Waals surface area contributed by atoms with E-state index >= 15 is 0 Å². The lowest BCUT2D eigenvalue weighted by Gasteiger charge is -2.14. The second kappa shape index (κ2) is 7.43. The van der Waals surface area contributed by atoms with E-state index in [1.54, 1.807) is 24.3 Å². The first kappa shape index (κ1) is 16.7. The molecule has 1 aromatic carbocycles. The first-order chi connectivity index (χ1) is 9.40. The molecular formula is C15H22O4S. The maximum absolute atomic E-state index is 11.9. The van der Waals surface area contributed by atoms with Gasteiger partial charge in [0.2, 0.25) is 0 Å². The van der Waals surface area contributed by atoms with Gasteiger partial charge in [-0.2, -0.15) is 0 Å². The lowest BCUT2D eigenvalue weighted by atomic mass is 9.91. The molecule has 0 aliphatic heterocycles. The van der Waals surface area contributed by atoms with Crippen LogP contribution in [0, 0.1) is 0 Å². The Bertz CT molecular complexity index is 531. The summed E-state index contributed by atoms with van der Waals surface area (Å²) >= 11 is 0. The van der Waals surface area contributed by atoms with Gasteiger partial charge in [-0.1, -0.05) is 32.4 Å². The quantitative estimate of drug-likeness (QED) is 0.800. The largest absolute Gasteiger partial charge is 0.481 e. The summed E-state index contributed by atoms with van der Waals surface area (Å²) in [6, 6.07) is 6.66. The Hall–Kier alpha value is -1.36. The zero-order valence-corrected chi connectivity index (χ0v) is 12.8. The van der Waals surface area contributed by atoms with E-state index in [0.717, 1.165) is 18.4 Å². The normalized spacial score (nSPS) is 13.1. The maximum atomic E-state index is 11.9. The molecule has 0 heterocycles. The number of sulfone groups is 1. The van der Waals surface area contributed by atoms with Gasteiger partial charge in [0.25, 0.3) is 0 Å². The zero-order chi connectivity index (χ0) is 15.2. The highest BCUT2D eigenvalue weighted by Crippen LogP contribution is 2.26. The molecule has 0 amide bonds. The zero-order valence-electron chi connectivity index (χ0n) is 12.0. The van der Waals surface area contributed by atoms with Crippen molar-refractivity contribution in [3.05, 3.63) is 29.8 Å². The van der Waals surface area contributed by atoms with E-state index in [0.29, 0.717) is 11.3 Å². The molecule has 0 radical (unpaired) electrons. The smallest absolute Gasteiger partial charge is 0.303 e. The molecule has 0 aromatic heterocycles. The minimum atomic E-state index is -3.20. The summed E-state index contributed by atoms with van der Waals surface area (Å²) in [5, 5.41) is 8.93. The van der Waals surface area contributed by atoms with Crippen LogP contribution in [-0.2, 0) is 14.6 Å². The van der Waals surface area contributed by atoms with Crippen LogP contribution in [0.5, 0.6) is 0 Å². The van der Waals surface area contributed by atoms with Crippen molar-refractivity contribution in [2.75, 3.05) is 5.75 Å². The molecule has 1 rings (SSSR count). The van der Waals surface area contributed by atoms with Crippen molar-refractivity contribution < 1.29 is 18.3 Å². The van der Waals surface area contributed by atoms with Crippen LogP contribution in [0.2, 0.25) is 0 Å². The third kappa shape index (κ3) is 4.63. The van der Waals surface area contributed by atoms with Crippen LogP contribution in [0.15, 0.2) is 29.2 Å². The molecule has 0 fully saturated rings. The Morgan fingerprint density at radius 3 is 2.20 bits per heavy atom. The van der Waals surface area contributed by atoms with Gasteiger partial charge in [0, 0.05) is 0 Å². The highest BCUT2D eigenvalue weighted by molar-refractivity contribution is 7.91. The molecule has 0 spiro atoms. The molecule has 1 atom stereocenters. The van der Waals surface area contributed by atoms with Gasteiger partial charge in [-0.3, -0.25) is 4.79 Å². The van der Waals surface area contributed by atoms with Gasteiger partial charge >= 0.3 is 5.97 Å². The predicted octanol–water partition coefficient (Wildman–Crippen LogP) is 3.23. The molecule has 112 valence electrons. The monoisotopic (exact) mass is 298 g/mol. The summed E-state index contributed by atoms with van der Waals surface area (Å²) in [6.07, 6.45) is 2.34. The van der Waals surface area contributed by atoms with Crippen molar-refractivity contribution in [2.45, 2.75) is 50.3 Å². The Labute approximate surface area is 120 Å². The van der Waals surface area contributed by atoms with Crippen molar-refractivity contribution in [2.24, 2.45) is 0 Å². The number of hydrogen-bond donors (Lipinski definition) is 1. The van der Waals surface area contributed by atoms with Crippen LogP contribution >= 0.6 is 0 Å². The van der Waals surface area contributed by atoms with Crippen LogP contribution in [0.4, 0.5) is 0 Å². The molecule has 1 unspecified atom stereocenters. The van der Waals surface area contributed by atoms with E-state index in [1.807, 2.05) is 13.8 Å². The lowest BCUT2D eigenvalue weighted by Crippen LogP contribution is -2.08. The molecule has 20 heavy (non-hydrogen) atoms. The molecule has 0 saturated heterocycles. The average molecular weight is 298 g/mol. The van der Waals surface area contributed by atoms with Gasteiger partial charge < -0.3 is 5.11 Å². The lowest BCUT2D eigenvalue weighted by molar-refractivity contribution is -0.137. The molecule has 1 N–H and O–H groups in total. The third-order valence-electron chi connectivity index (χ3n) is 3.24. The van der Waals surface area contributed by atoms with Crippen molar-refractivity contribution in [3.8, 4) is 0 Å². The predicted molar refractivity (Wildman–Crippen MR) is 78.7 cm³/mol. The number of aliphatic carboxylic acids is 1. The third-order valence-corrected chi connectivity index (χ3v) is 5.18. The summed E-state index contributed by atoms with van der Waals surface area (Å²) in [4.78, 5) is 11.2. The number of carbonyl (C=O) groups is 1. The number of carboxylic acid groups (broad SMARTS) is 1. The summed E-state index contributed by atoms with van der Waals surface area (Å²) in [5.74, 6) is -0.744. The van der Waals surface area contributed by atoms with Crippen molar-refractivity contribution in [3.63, 3.8) is 0 Å². The first-order valence-corrected chi connectivity index (χ1v) is 8.60. The fraction of sp³-hybridized carbons (Fsp3) is 0.533. The van der Waals surface area contributed by atoms with Gasteiger partial charge in [-0.15, -0.1) is 0 Å². The number of benzene rings is 1. The second-order valence-electron chi connectivity index (χ2n) is 4.97. The highest BCUT2D eigenvalue weighted by atomic mass is 32.2. The van der Waals surface area contributed by atoms with E-state index in [9.17, 15) is 13.2 Å². The minimum Gasteiger partial charge on any atom is -0.481 e. The Balaban J connectivity index is 2.96. The second-order valence-corrected chi connectivity index (χ2v) is 7.08. The molecular weight excluding hydrogens is 276 g/mol. The van der Waals surface area contributed by atoms with Crippen LogP contribution in [0.25, 0.3) is 0 Å². The van der Waals surface area contributed by atoms with Crippen molar-refractivity contribution >= 4 is 15.8 Å². The van der Waals surface area contributed by atoms with E-state index in [1.165, 1.54) is 0 Å². The standard InChI is InChI=1S/C15H22O4S/c1-3-5-13(11-15(16)17)12-6-8-14(9-7-12)20(18,19)10-4-2/h6-9,13H,3-5,10-11H2,1-2H3,(H,16,17). The maximum Gasteiger partial charge on any atom is 0.303 e. The van der Waals surface area contributed by atoms with Crippen LogP contribution in [0.1, 0.15) is 51.0 Å². The van der Waals surface area contributed by atoms with Gasteiger partial charge in [-0.05, 0) is 36.5 Å². The summed E-state index contributed by atoms with van der Waals surface area (Å²) in [6.45, 7) is 3.84. The number of rotatable bonds is 8. The molecule has 5 heteroatoms. The molecule has 1 aromatic rings. The van der Waals surface area contributed by atoms with Crippen molar-refractivity contribution in [1.82, 2.24) is 0 Å². The SMILES string of the molecule is CCCC(CC(=O)O)c1ccc(S(=O)(=O)CCC)cc1. The van der Waals surface area contributed by atoms with Crippen LogP contribution < -0.4 is 0 Å². The van der Waals surface area contributed by atoms with Gasteiger partial charge in [0.1, 0.15) is 0 Å². The van der Waals surface area contributed by atoms with Gasteiger partial charge in [0.05, 0.1) is 17.1 Å². The first-order valence-electron chi connectivity index (χ1n) is 6.95. The summed E-state index contributed by atoms with van der Waals surface area (Å²) in [5.41, 5.74) is 0.893. The number of hydrogen-bond acceptors (Lipinski definition) is 3. The fourth-order valence-corrected chi connectivity index (χ4v) is 3.60. The average Bonchev–Trinajstić information content (AvgIpc) is 2.38. The number of carboxylic acids is 1.